The normalized spacial score (nSPS) is 12.6. The van der Waals surface area contributed by atoms with Crippen molar-refractivity contribution >= 4 is 27.3 Å². The van der Waals surface area contributed by atoms with Gasteiger partial charge in [-0.15, -0.1) is 0 Å². The van der Waals surface area contributed by atoms with Gasteiger partial charge in [0.15, 0.2) is 0 Å². The first-order valence-corrected chi connectivity index (χ1v) is 8.01. The van der Waals surface area contributed by atoms with Gasteiger partial charge in [-0.1, -0.05) is 11.6 Å². The molecule has 0 aliphatic rings. The summed E-state index contributed by atoms with van der Waals surface area (Å²) in [6.45, 7) is 1.57. The van der Waals surface area contributed by atoms with Crippen LogP contribution in [0.4, 0.5) is 18.9 Å². The molecule has 0 aromatic heterocycles. The van der Waals surface area contributed by atoms with E-state index in [2.05, 4.69) is 4.72 Å². The summed E-state index contributed by atoms with van der Waals surface area (Å²) in [5.41, 5.74) is 6.45. The molecule has 1 rings (SSSR count). The van der Waals surface area contributed by atoms with E-state index in [9.17, 15) is 21.6 Å². The summed E-state index contributed by atoms with van der Waals surface area (Å²) in [7, 11) is -3.83. The predicted molar refractivity (Wildman–Crippen MR) is 75.7 cm³/mol. The topological polar surface area (TPSA) is 72.2 Å². The van der Waals surface area contributed by atoms with Gasteiger partial charge in [-0.2, -0.15) is 13.2 Å². The summed E-state index contributed by atoms with van der Waals surface area (Å²) in [5.74, 6) is 0. The predicted octanol–water partition coefficient (Wildman–Crippen LogP) is 3.24. The highest BCUT2D eigenvalue weighted by Crippen LogP contribution is 2.26. The van der Waals surface area contributed by atoms with Crippen LogP contribution in [-0.2, 0) is 10.0 Å². The van der Waals surface area contributed by atoms with E-state index in [0.29, 0.717) is 5.56 Å². The highest BCUT2D eigenvalue weighted by molar-refractivity contribution is 7.89. The molecule has 0 aliphatic carbocycles. The van der Waals surface area contributed by atoms with Crippen LogP contribution < -0.4 is 10.5 Å². The zero-order valence-corrected chi connectivity index (χ0v) is 12.9. The Bertz CT molecular complexity index is 580. The SMILES string of the molecule is Cc1c(N)cc(S(=O)(=O)NCCCCC(F)(F)F)cc1Cl. The summed E-state index contributed by atoms with van der Waals surface area (Å²) < 4.78 is 62.0. The first-order valence-electron chi connectivity index (χ1n) is 6.15. The number of sulfonamides is 1. The highest BCUT2D eigenvalue weighted by Gasteiger charge is 2.26. The average molecular weight is 345 g/mol. The zero-order chi connectivity index (χ0) is 16.3. The molecular formula is C12H16ClF3N2O2S. The standard InChI is InChI=1S/C12H16ClF3N2O2S/c1-8-10(13)6-9(7-11(8)17)21(19,20)18-5-3-2-4-12(14,15)16/h6-7,18H,2-5,17H2,1H3. The van der Waals surface area contributed by atoms with E-state index in [-0.39, 0.29) is 35.0 Å². The Kier molecular flexibility index (Phi) is 5.89. The van der Waals surface area contributed by atoms with Crippen molar-refractivity contribution in [1.82, 2.24) is 4.72 Å². The van der Waals surface area contributed by atoms with Crippen LogP contribution in [0.25, 0.3) is 0 Å². The smallest absolute Gasteiger partial charge is 0.389 e. The number of hydrogen-bond donors (Lipinski definition) is 2. The lowest BCUT2D eigenvalue weighted by Crippen LogP contribution is -2.25. The minimum absolute atomic E-state index is 0.0796. The van der Waals surface area contributed by atoms with E-state index < -0.39 is 22.6 Å². The van der Waals surface area contributed by atoms with Crippen molar-refractivity contribution in [3.63, 3.8) is 0 Å². The van der Waals surface area contributed by atoms with Crippen molar-refractivity contribution < 1.29 is 21.6 Å². The summed E-state index contributed by atoms with van der Waals surface area (Å²) in [4.78, 5) is -0.105. The molecule has 0 aliphatic heterocycles. The van der Waals surface area contributed by atoms with Crippen molar-refractivity contribution in [3.8, 4) is 0 Å². The molecule has 0 atom stereocenters. The van der Waals surface area contributed by atoms with E-state index in [1.807, 2.05) is 0 Å². The Hall–Kier alpha value is -0.990. The largest absolute Gasteiger partial charge is 0.398 e. The molecule has 3 N–H and O–H groups in total. The fraction of sp³-hybridized carbons (Fsp3) is 0.500. The summed E-state index contributed by atoms with van der Waals surface area (Å²) in [6, 6.07) is 2.52. The molecule has 4 nitrogen and oxygen atoms in total. The van der Waals surface area contributed by atoms with Gasteiger partial charge in [-0.3, -0.25) is 0 Å². The second-order valence-electron chi connectivity index (χ2n) is 4.59. The van der Waals surface area contributed by atoms with E-state index in [1.165, 1.54) is 12.1 Å². The maximum Gasteiger partial charge on any atom is 0.389 e. The number of nitrogen functional groups attached to an aromatic ring is 1. The van der Waals surface area contributed by atoms with Gasteiger partial charge in [0, 0.05) is 23.7 Å². The third-order valence-corrected chi connectivity index (χ3v) is 4.68. The molecule has 1 aromatic carbocycles. The van der Waals surface area contributed by atoms with Gasteiger partial charge in [0.1, 0.15) is 0 Å². The van der Waals surface area contributed by atoms with Crippen LogP contribution in [0.1, 0.15) is 24.8 Å². The molecule has 0 saturated carbocycles. The lowest BCUT2D eigenvalue weighted by atomic mass is 10.2. The number of nitrogens with two attached hydrogens (primary N) is 1. The summed E-state index contributed by atoms with van der Waals surface area (Å²) in [6.07, 6.45) is -5.20. The molecule has 1 aromatic rings. The number of rotatable bonds is 6. The van der Waals surface area contributed by atoms with Crippen LogP contribution in [0.2, 0.25) is 5.02 Å². The lowest BCUT2D eigenvalue weighted by molar-refractivity contribution is -0.135. The van der Waals surface area contributed by atoms with Gasteiger partial charge in [0.25, 0.3) is 0 Å². The van der Waals surface area contributed by atoms with Crippen LogP contribution in [0.3, 0.4) is 0 Å². The average Bonchev–Trinajstić information content (AvgIpc) is 2.33. The number of halogens is 4. The molecule has 0 spiro atoms. The van der Waals surface area contributed by atoms with Gasteiger partial charge >= 0.3 is 6.18 Å². The Labute approximate surface area is 126 Å². The van der Waals surface area contributed by atoms with Crippen molar-refractivity contribution in [1.29, 1.82) is 0 Å². The van der Waals surface area contributed by atoms with Crippen molar-refractivity contribution in [3.05, 3.63) is 22.7 Å². The molecule has 120 valence electrons. The number of alkyl halides is 3. The van der Waals surface area contributed by atoms with Crippen LogP contribution >= 0.6 is 11.6 Å². The van der Waals surface area contributed by atoms with Crippen LogP contribution in [0.5, 0.6) is 0 Å². The molecule has 0 radical (unpaired) electrons. The third kappa shape index (κ3) is 5.72. The van der Waals surface area contributed by atoms with E-state index in [0.717, 1.165) is 0 Å². The van der Waals surface area contributed by atoms with E-state index in [1.54, 1.807) is 6.92 Å². The van der Waals surface area contributed by atoms with Gasteiger partial charge in [0.2, 0.25) is 10.0 Å². The third-order valence-electron chi connectivity index (χ3n) is 2.85. The fourth-order valence-corrected chi connectivity index (χ4v) is 3.00. The Balaban J connectivity index is 2.62. The molecular weight excluding hydrogens is 329 g/mol. The Morgan fingerprint density at radius 1 is 1.29 bits per heavy atom. The Morgan fingerprint density at radius 3 is 2.43 bits per heavy atom. The van der Waals surface area contributed by atoms with Crippen LogP contribution in [0.15, 0.2) is 17.0 Å². The van der Waals surface area contributed by atoms with Crippen molar-refractivity contribution in [2.45, 2.75) is 37.3 Å². The number of nitrogens with one attached hydrogen (secondary N) is 1. The maximum atomic E-state index is 12.0. The van der Waals surface area contributed by atoms with Gasteiger partial charge in [-0.05, 0) is 37.5 Å². The second kappa shape index (κ2) is 6.85. The molecule has 9 heteroatoms. The number of unbranched alkanes of at least 4 members (excludes halogenated alkanes) is 1. The zero-order valence-electron chi connectivity index (χ0n) is 11.3. The minimum Gasteiger partial charge on any atom is -0.398 e. The molecule has 0 bridgehead atoms. The van der Waals surface area contributed by atoms with E-state index in [4.69, 9.17) is 17.3 Å². The van der Waals surface area contributed by atoms with Crippen molar-refractivity contribution in [2.24, 2.45) is 0 Å². The van der Waals surface area contributed by atoms with Gasteiger partial charge < -0.3 is 5.73 Å². The minimum atomic E-state index is -4.22. The van der Waals surface area contributed by atoms with Gasteiger partial charge in [0.05, 0.1) is 4.90 Å². The quantitative estimate of drug-likeness (QED) is 0.614. The summed E-state index contributed by atoms with van der Waals surface area (Å²) >= 11 is 5.86. The Morgan fingerprint density at radius 2 is 1.90 bits per heavy atom. The van der Waals surface area contributed by atoms with Crippen LogP contribution in [0, 0.1) is 6.92 Å². The lowest BCUT2D eigenvalue weighted by Gasteiger charge is -2.10. The summed E-state index contributed by atoms with van der Waals surface area (Å²) in [5, 5.41) is 0.215. The monoisotopic (exact) mass is 344 g/mol. The molecule has 21 heavy (non-hydrogen) atoms. The maximum absolute atomic E-state index is 12.0. The number of benzene rings is 1. The second-order valence-corrected chi connectivity index (χ2v) is 6.76. The first-order chi connectivity index (χ1) is 9.53. The molecule has 0 heterocycles. The van der Waals surface area contributed by atoms with E-state index >= 15 is 0 Å². The fourth-order valence-electron chi connectivity index (χ4n) is 1.57. The molecule has 0 saturated heterocycles. The number of anilines is 1. The van der Waals surface area contributed by atoms with Crippen molar-refractivity contribution in [2.75, 3.05) is 12.3 Å². The molecule has 0 unspecified atom stereocenters. The number of hydrogen-bond acceptors (Lipinski definition) is 3. The van der Waals surface area contributed by atoms with Crippen LogP contribution in [-0.4, -0.2) is 21.1 Å². The first kappa shape index (κ1) is 18.1. The van der Waals surface area contributed by atoms with Gasteiger partial charge in [-0.25, -0.2) is 13.1 Å². The molecule has 0 fully saturated rings. The highest BCUT2D eigenvalue weighted by atomic mass is 35.5. The molecule has 0 amide bonds.